The second kappa shape index (κ2) is 5.22. The summed E-state index contributed by atoms with van der Waals surface area (Å²) in [6, 6.07) is -0.859. The summed E-state index contributed by atoms with van der Waals surface area (Å²) in [6.45, 7) is 1.31. The minimum Gasteiger partial charge on any atom is -0.335 e. The van der Waals surface area contributed by atoms with Gasteiger partial charge in [0.1, 0.15) is 0 Å². The second-order valence-corrected chi connectivity index (χ2v) is 6.19. The van der Waals surface area contributed by atoms with Crippen molar-refractivity contribution >= 4 is 25.6 Å². The predicted octanol–water partition coefficient (Wildman–Crippen LogP) is 1.35. The molecule has 9 heteroatoms. The maximum absolute atomic E-state index is 12.0. The van der Waals surface area contributed by atoms with E-state index in [1.807, 2.05) is 0 Å². The summed E-state index contributed by atoms with van der Waals surface area (Å²) >= 11 is 0. The molecule has 0 bridgehead atoms. The first-order valence-corrected chi connectivity index (χ1v) is 6.69. The molecule has 0 aromatic rings. The van der Waals surface area contributed by atoms with Crippen LogP contribution in [0.5, 0.6) is 0 Å². The molecule has 0 aliphatic heterocycles. The normalized spacial score (nSPS) is 14.6. The maximum Gasteiger partial charge on any atom is 0.471 e. The highest BCUT2D eigenvalue weighted by Gasteiger charge is 2.42. The van der Waals surface area contributed by atoms with Gasteiger partial charge in [0, 0.05) is 23.8 Å². The first-order chi connectivity index (χ1) is 6.95. The van der Waals surface area contributed by atoms with Gasteiger partial charge in [-0.3, -0.25) is 4.79 Å². The highest BCUT2D eigenvalue weighted by atomic mass is 35.7. The van der Waals surface area contributed by atoms with Crippen molar-refractivity contribution in [2.45, 2.75) is 25.6 Å². The molecule has 4 nitrogen and oxygen atoms in total. The van der Waals surface area contributed by atoms with Crippen molar-refractivity contribution in [3.63, 3.8) is 0 Å². The number of hydrogen-bond donors (Lipinski definition) is 0. The van der Waals surface area contributed by atoms with E-state index in [9.17, 15) is 26.4 Å². The Bertz CT molecular complexity index is 354. The number of carbonyl (C=O) groups excluding carboxylic acids is 1. The van der Waals surface area contributed by atoms with Gasteiger partial charge in [0.25, 0.3) is 0 Å². The number of rotatable bonds is 4. The van der Waals surface area contributed by atoms with Crippen molar-refractivity contribution in [2.75, 3.05) is 12.8 Å². The molecule has 0 saturated heterocycles. The van der Waals surface area contributed by atoms with E-state index in [1.54, 1.807) is 0 Å². The zero-order valence-corrected chi connectivity index (χ0v) is 10.2. The molecule has 1 atom stereocenters. The highest BCUT2D eigenvalue weighted by Crippen LogP contribution is 2.19. The fourth-order valence-corrected chi connectivity index (χ4v) is 1.80. The quantitative estimate of drug-likeness (QED) is 0.731. The van der Waals surface area contributed by atoms with Crippen LogP contribution in [0.1, 0.15) is 13.3 Å². The first kappa shape index (κ1) is 15.5. The van der Waals surface area contributed by atoms with Crippen LogP contribution in [-0.4, -0.2) is 44.2 Å². The van der Waals surface area contributed by atoms with Crippen molar-refractivity contribution in [2.24, 2.45) is 0 Å². The van der Waals surface area contributed by atoms with Crippen LogP contribution >= 0.6 is 10.7 Å². The molecule has 1 amide bonds. The van der Waals surface area contributed by atoms with Gasteiger partial charge in [0.2, 0.25) is 9.05 Å². The lowest BCUT2D eigenvalue weighted by Crippen LogP contribution is -2.43. The topological polar surface area (TPSA) is 54.5 Å². The first-order valence-electron chi connectivity index (χ1n) is 4.21. The van der Waals surface area contributed by atoms with Crippen molar-refractivity contribution in [1.29, 1.82) is 0 Å². The molecule has 0 aromatic carbocycles. The molecular formula is C7H11ClF3NO3S. The van der Waals surface area contributed by atoms with Crippen molar-refractivity contribution in [3.05, 3.63) is 0 Å². The zero-order valence-electron chi connectivity index (χ0n) is 8.58. The molecule has 0 saturated carbocycles. The summed E-state index contributed by atoms with van der Waals surface area (Å²) in [5, 5.41) is 0. The van der Waals surface area contributed by atoms with Crippen LogP contribution < -0.4 is 0 Å². The van der Waals surface area contributed by atoms with Gasteiger partial charge < -0.3 is 4.90 Å². The minimum atomic E-state index is -4.96. The van der Waals surface area contributed by atoms with Crippen molar-refractivity contribution < 1.29 is 26.4 Å². The molecule has 0 N–H and O–H groups in total. The van der Waals surface area contributed by atoms with Crippen molar-refractivity contribution in [3.8, 4) is 0 Å². The average Bonchev–Trinajstić information content (AvgIpc) is 2.09. The van der Waals surface area contributed by atoms with E-state index < -0.39 is 32.9 Å². The van der Waals surface area contributed by atoms with Gasteiger partial charge in [-0.2, -0.15) is 13.2 Å². The van der Waals surface area contributed by atoms with Crippen LogP contribution in [0, 0.1) is 0 Å². The largest absolute Gasteiger partial charge is 0.471 e. The van der Waals surface area contributed by atoms with Gasteiger partial charge in [0.15, 0.2) is 0 Å². The van der Waals surface area contributed by atoms with Gasteiger partial charge in [-0.05, 0) is 13.3 Å². The minimum absolute atomic E-state index is 0.149. The standard InChI is InChI=1S/C7H11ClF3NO3S/c1-5(3-4-16(8,14)15)12(2)6(13)7(9,10)11/h5H,3-4H2,1-2H3. The van der Waals surface area contributed by atoms with E-state index in [4.69, 9.17) is 10.7 Å². The van der Waals surface area contributed by atoms with E-state index in [0.29, 0.717) is 4.90 Å². The van der Waals surface area contributed by atoms with E-state index in [0.717, 1.165) is 7.05 Å². The van der Waals surface area contributed by atoms with Crippen LogP contribution in [-0.2, 0) is 13.8 Å². The molecular weight excluding hydrogens is 271 g/mol. The summed E-state index contributed by atoms with van der Waals surface area (Å²) in [5.74, 6) is -2.49. The van der Waals surface area contributed by atoms with Gasteiger partial charge in [-0.15, -0.1) is 0 Å². The fourth-order valence-electron chi connectivity index (χ4n) is 0.905. The Hall–Kier alpha value is -0.500. The SMILES string of the molecule is CC(CCS(=O)(=O)Cl)N(C)C(=O)C(F)(F)F. The number of amides is 1. The molecule has 0 aliphatic carbocycles. The number of hydrogen-bond acceptors (Lipinski definition) is 3. The highest BCUT2D eigenvalue weighted by molar-refractivity contribution is 8.13. The Kier molecular flexibility index (Phi) is 5.06. The monoisotopic (exact) mass is 281 g/mol. The summed E-state index contributed by atoms with van der Waals surface area (Å²) in [4.78, 5) is 11.2. The lowest BCUT2D eigenvalue weighted by Gasteiger charge is -2.25. The smallest absolute Gasteiger partial charge is 0.335 e. The summed E-state index contributed by atoms with van der Waals surface area (Å²) in [5.41, 5.74) is 0. The number of alkyl halides is 3. The predicted molar refractivity (Wildman–Crippen MR) is 52.5 cm³/mol. The number of halogens is 4. The molecule has 0 fully saturated rings. The van der Waals surface area contributed by atoms with E-state index in [1.165, 1.54) is 6.92 Å². The molecule has 0 heterocycles. The van der Waals surface area contributed by atoms with Gasteiger partial charge in [-0.1, -0.05) is 0 Å². The fraction of sp³-hybridized carbons (Fsp3) is 0.857. The van der Waals surface area contributed by atoms with Gasteiger partial charge in [-0.25, -0.2) is 8.42 Å². The Balaban J connectivity index is 4.41. The molecule has 16 heavy (non-hydrogen) atoms. The van der Waals surface area contributed by atoms with E-state index >= 15 is 0 Å². The maximum atomic E-state index is 12.0. The average molecular weight is 282 g/mol. The Morgan fingerprint density at radius 1 is 1.44 bits per heavy atom. The second-order valence-electron chi connectivity index (χ2n) is 3.29. The van der Waals surface area contributed by atoms with E-state index in [-0.39, 0.29) is 6.42 Å². The third-order valence-corrected chi connectivity index (χ3v) is 3.19. The molecule has 0 aliphatic rings. The van der Waals surface area contributed by atoms with Crippen LogP contribution in [0.25, 0.3) is 0 Å². The van der Waals surface area contributed by atoms with Gasteiger partial charge in [0.05, 0.1) is 5.75 Å². The molecule has 0 spiro atoms. The molecule has 0 aromatic heterocycles. The molecule has 96 valence electrons. The Morgan fingerprint density at radius 2 is 1.88 bits per heavy atom. The lowest BCUT2D eigenvalue weighted by atomic mass is 10.2. The molecule has 0 rings (SSSR count). The van der Waals surface area contributed by atoms with Gasteiger partial charge >= 0.3 is 12.1 Å². The summed E-state index contributed by atoms with van der Waals surface area (Å²) in [6.07, 6.45) is -5.10. The number of carbonyl (C=O) groups is 1. The molecule has 1 unspecified atom stereocenters. The van der Waals surface area contributed by atoms with E-state index in [2.05, 4.69) is 0 Å². The van der Waals surface area contributed by atoms with Crippen LogP contribution in [0.15, 0.2) is 0 Å². The lowest BCUT2D eigenvalue weighted by molar-refractivity contribution is -0.185. The summed E-state index contributed by atoms with van der Waals surface area (Å²) in [7, 11) is 2.10. The summed E-state index contributed by atoms with van der Waals surface area (Å²) < 4.78 is 57.1. The molecule has 0 radical (unpaired) electrons. The van der Waals surface area contributed by atoms with Crippen LogP contribution in [0.2, 0.25) is 0 Å². The Labute approximate surface area is 95.8 Å². The zero-order chi connectivity index (χ0) is 13.1. The van der Waals surface area contributed by atoms with Crippen molar-refractivity contribution in [1.82, 2.24) is 4.90 Å². The van der Waals surface area contributed by atoms with Crippen LogP contribution in [0.3, 0.4) is 0 Å². The third kappa shape index (κ3) is 5.55. The number of nitrogens with zero attached hydrogens (tertiary/aromatic N) is 1. The third-order valence-electron chi connectivity index (χ3n) is 2.00. The van der Waals surface area contributed by atoms with Crippen LogP contribution in [0.4, 0.5) is 13.2 Å². The Morgan fingerprint density at radius 3 is 2.19 bits per heavy atom.